The standard InChI is InChI=1S/C19H21Br3N2O/c1-19(2,3)23-9-13(25)10-24-17-5-4-11(20)6-14(17)15-7-12(21)8-16(22)18(15)24/h4-8,13,23,25H,9-10H2,1-3H3/t13-/m1/s1. The third-order valence-corrected chi connectivity index (χ3v) is 5.65. The molecule has 0 fully saturated rings. The van der Waals surface area contributed by atoms with Crippen LogP contribution in [0.25, 0.3) is 21.8 Å². The zero-order valence-electron chi connectivity index (χ0n) is 14.4. The Hall–Kier alpha value is -0.400. The Morgan fingerprint density at radius 2 is 1.72 bits per heavy atom. The van der Waals surface area contributed by atoms with Gasteiger partial charge in [0.15, 0.2) is 0 Å². The van der Waals surface area contributed by atoms with Gasteiger partial charge in [-0.25, -0.2) is 0 Å². The van der Waals surface area contributed by atoms with Gasteiger partial charge in [-0.05, 0) is 67.0 Å². The number of nitrogens with zero attached hydrogens (tertiary/aromatic N) is 1. The lowest BCUT2D eigenvalue weighted by atomic mass is 10.1. The van der Waals surface area contributed by atoms with Crippen molar-refractivity contribution in [2.45, 2.75) is 39.0 Å². The lowest BCUT2D eigenvalue weighted by Gasteiger charge is -2.23. The van der Waals surface area contributed by atoms with Crippen LogP contribution in [-0.4, -0.2) is 27.9 Å². The molecule has 0 saturated carbocycles. The number of hydrogen-bond acceptors (Lipinski definition) is 2. The van der Waals surface area contributed by atoms with Crippen LogP contribution >= 0.6 is 47.8 Å². The lowest BCUT2D eigenvalue weighted by molar-refractivity contribution is 0.144. The molecule has 0 aliphatic carbocycles. The second-order valence-corrected chi connectivity index (χ2v) is 10.0. The number of hydrogen-bond donors (Lipinski definition) is 2. The number of rotatable bonds is 4. The third-order valence-electron chi connectivity index (χ3n) is 4.10. The van der Waals surface area contributed by atoms with Crippen LogP contribution in [0.15, 0.2) is 43.7 Å². The Bertz CT molecular complexity index is 928. The van der Waals surface area contributed by atoms with Gasteiger partial charge < -0.3 is 15.0 Å². The Labute approximate surface area is 173 Å². The van der Waals surface area contributed by atoms with Crippen molar-refractivity contribution >= 4 is 69.6 Å². The molecule has 3 nitrogen and oxygen atoms in total. The molecule has 6 heteroatoms. The van der Waals surface area contributed by atoms with Crippen molar-refractivity contribution < 1.29 is 5.11 Å². The largest absolute Gasteiger partial charge is 0.390 e. The quantitative estimate of drug-likeness (QED) is 0.443. The Balaban J connectivity index is 2.09. The van der Waals surface area contributed by atoms with Crippen molar-refractivity contribution in [1.29, 1.82) is 0 Å². The van der Waals surface area contributed by atoms with Gasteiger partial charge in [0.2, 0.25) is 0 Å². The number of halogens is 3. The smallest absolute Gasteiger partial charge is 0.0843 e. The van der Waals surface area contributed by atoms with Gasteiger partial charge >= 0.3 is 0 Å². The summed E-state index contributed by atoms with van der Waals surface area (Å²) in [6.07, 6.45) is -0.475. The molecule has 3 rings (SSSR count). The highest BCUT2D eigenvalue weighted by atomic mass is 79.9. The first-order valence-corrected chi connectivity index (χ1v) is 10.5. The summed E-state index contributed by atoms with van der Waals surface area (Å²) in [5.74, 6) is 0. The first-order valence-electron chi connectivity index (χ1n) is 8.15. The number of aliphatic hydroxyl groups is 1. The predicted octanol–water partition coefficient (Wildman–Crippen LogP) is 5.83. The van der Waals surface area contributed by atoms with Crippen LogP contribution in [-0.2, 0) is 6.54 Å². The summed E-state index contributed by atoms with van der Waals surface area (Å²) in [6, 6.07) is 10.5. The zero-order chi connectivity index (χ0) is 18.4. The van der Waals surface area contributed by atoms with Gasteiger partial charge in [-0.15, -0.1) is 0 Å². The third kappa shape index (κ3) is 4.30. The van der Waals surface area contributed by atoms with Crippen molar-refractivity contribution in [3.8, 4) is 0 Å². The van der Waals surface area contributed by atoms with E-state index in [1.165, 1.54) is 5.39 Å². The Kier molecular flexibility index (Phi) is 5.66. The maximum Gasteiger partial charge on any atom is 0.0843 e. The molecule has 0 unspecified atom stereocenters. The molecule has 0 aliphatic rings. The molecule has 0 aliphatic heterocycles. The minimum atomic E-state index is -0.475. The first-order chi connectivity index (χ1) is 11.7. The van der Waals surface area contributed by atoms with Crippen molar-refractivity contribution in [3.05, 3.63) is 43.7 Å². The number of aromatic nitrogens is 1. The van der Waals surface area contributed by atoms with Crippen LogP contribution < -0.4 is 5.32 Å². The maximum absolute atomic E-state index is 10.6. The van der Waals surface area contributed by atoms with Crippen molar-refractivity contribution in [3.63, 3.8) is 0 Å². The molecule has 1 aromatic heterocycles. The van der Waals surface area contributed by atoms with Gasteiger partial charge in [0.05, 0.1) is 18.2 Å². The molecule has 0 spiro atoms. The second kappa shape index (κ2) is 7.31. The number of nitrogens with one attached hydrogen (secondary N) is 1. The molecular weight excluding hydrogens is 512 g/mol. The van der Waals surface area contributed by atoms with E-state index in [9.17, 15) is 5.11 Å². The van der Waals surface area contributed by atoms with Gasteiger partial charge in [-0.3, -0.25) is 0 Å². The minimum Gasteiger partial charge on any atom is -0.390 e. The molecule has 0 bridgehead atoms. The molecule has 3 aromatic rings. The van der Waals surface area contributed by atoms with Crippen LogP contribution in [0.1, 0.15) is 20.8 Å². The van der Waals surface area contributed by atoms with E-state index in [2.05, 4.69) is 96.6 Å². The average molecular weight is 533 g/mol. The maximum atomic E-state index is 10.6. The van der Waals surface area contributed by atoms with Crippen LogP contribution in [0.2, 0.25) is 0 Å². The highest BCUT2D eigenvalue weighted by Crippen LogP contribution is 2.37. The fourth-order valence-corrected chi connectivity index (χ4v) is 4.81. The van der Waals surface area contributed by atoms with Crippen LogP contribution in [0.3, 0.4) is 0 Å². The summed E-state index contributed by atoms with van der Waals surface area (Å²) >= 11 is 10.8. The van der Waals surface area contributed by atoms with Gasteiger partial charge in [0.25, 0.3) is 0 Å². The summed E-state index contributed by atoms with van der Waals surface area (Å²) in [6.45, 7) is 7.39. The monoisotopic (exact) mass is 530 g/mol. The lowest BCUT2D eigenvalue weighted by Crippen LogP contribution is -2.42. The first kappa shape index (κ1) is 19.4. The highest BCUT2D eigenvalue weighted by Gasteiger charge is 2.18. The van der Waals surface area contributed by atoms with E-state index in [-0.39, 0.29) is 5.54 Å². The zero-order valence-corrected chi connectivity index (χ0v) is 19.2. The summed E-state index contributed by atoms with van der Waals surface area (Å²) in [5.41, 5.74) is 2.20. The van der Waals surface area contributed by atoms with Gasteiger partial charge in [-0.1, -0.05) is 31.9 Å². The number of β-amino-alcohol motifs (C(OH)–C–C–N with tert-alkyl or cyclic N) is 1. The number of benzene rings is 2. The molecule has 0 amide bonds. The molecule has 1 atom stereocenters. The Morgan fingerprint density at radius 3 is 2.40 bits per heavy atom. The molecule has 2 aromatic carbocycles. The van der Waals surface area contributed by atoms with Gasteiger partial charge in [-0.2, -0.15) is 0 Å². The van der Waals surface area contributed by atoms with Crippen molar-refractivity contribution in [2.75, 3.05) is 6.54 Å². The molecule has 0 radical (unpaired) electrons. The van der Waals surface area contributed by atoms with Crippen LogP contribution in [0.4, 0.5) is 0 Å². The number of fused-ring (bicyclic) bond motifs is 3. The van der Waals surface area contributed by atoms with Crippen LogP contribution in [0.5, 0.6) is 0 Å². The summed E-state index contributed by atoms with van der Waals surface area (Å²) < 4.78 is 5.29. The fraction of sp³-hybridized carbons (Fsp3) is 0.368. The second-order valence-electron chi connectivity index (χ2n) is 7.34. The molecule has 1 heterocycles. The fourth-order valence-electron chi connectivity index (χ4n) is 3.01. The van der Waals surface area contributed by atoms with E-state index in [4.69, 9.17) is 0 Å². The highest BCUT2D eigenvalue weighted by molar-refractivity contribution is 9.11. The minimum absolute atomic E-state index is 0.0158. The summed E-state index contributed by atoms with van der Waals surface area (Å²) in [4.78, 5) is 0. The van der Waals surface area contributed by atoms with Crippen molar-refractivity contribution in [2.24, 2.45) is 0 Å². The molecular formula is C19H21Br3N2O. The van der Waals surface area contributed by atoms with E-state index in [0.717, 1.165) is 29.8 Å². The number of aliphatic hydroxyl groups excluding tert-OH is 1. The van der Waals surface area contributed by atoms with E-state index < -0.39 is 6.10 Å². The van der Waals surface area contributed by atoms with E-state index in [1.54, 1.807) is 0 Å². The molecule has 25 heavy (non-hydrogen) atoms. The van der Waals surface area contributed by atoms with E-state index >= 15 is 0 Å². The Morgan fingerprint density at radius 1 is 1.04 bits per heavy atom. The van der Waals surface area contributed by atoms with E-state index in [0.29, 0.717) is 13.1 Å². The van der Waals surface area contributed by atoms with Crippen LogP contribution in [0, 0.1) is 0 Å². The van der Waals surface area contributed by atoms with Gasteiger partial charge in [0.1, 0.15) is 0 Å². The predicted molar refractivity (Wildman–Crippen MR) is 116 cm³/mol. The molecule has 0 saturated heterocycles. The van der Waals surface area contributed by atoms with Gasteiger partial charge in [0, 0.05) is 41.8 Å². The normalized spacial score (nSPS) is 13.7. The van der Waals surface area contributed by atoms with E-state index in [1.807, 2.05) is 12.1 Å². The summed E-state index contributed by atoms with van der Waals surface area (Å²) in [5, 5.41) is 16.3. The summed E-state index contributed by atoms with van der Waals surface area (Å²) in [7, 11) is 0. The SMILES string of the molecule is CC(C)(C)NC[C@@H](O)Cn1c2ccc(Br)cc2c2cc(Br)cc(Br)c21. The van der Waals surface area contributed by atoms with Crippen molar-refractivity contribution in [1.82, 2.24) is 9.88 Å². The molecule has 134 valence electrons. The molecule has 2 N–H and O–H groups in total. The average Bonchev–Trinajstić information content (AvgIpc) is 2.78. The topological polar surface area (TPSA) is 37.2 Å².